The van der Waals surface area contributed by atoms with Gasteiger partial charge < -0.3 is 10.2 Å². The van der Waals surface area contributed by atoms with Crippen molar-refractivity contribution in [2.75, 3.05) is 31.1 Å². The number of non-ortho nitro benzene ring substituents is 1. The van der Waals surface area contributed by atoms with E-state index in [-0.39, 0.29) is 28.5 Å². The maximum Gasteiger partial charge on any atom is 0.269 e. The van der Waals surface area contributed by atoms with E-state index in [4.69, 9.17) is 0 Å². The van der Waals surface area contributed by atoms with E-state index in [0.29, 0.717) is 18.9 Å². The van der Waals surface area contributed by atoms with Crippen molar-refractivity contribution in [2.24, 2.45) is 11.8 Å². The Bertz CT molecular complexity index is 963. The van der Waals surface area contributed by atoms with Gasteiger partial charge in [-0.05, 0) is 36.0 Å². The summed E-state index contributed by atoms with van der Waals surface area (Å²) in [6, 6.07) is 15.6. The minimum absolute atomic E-state index is 0.0550. The maximum absolute atomic E-state index is 13.2. The highest BCUT2D eigenvalue weighted by Crippen LogP contribution is 2.38. The Hall–Kier alpha value is -2.93. The zero-order valence-corrected chi connectivity index (χ0v) is 18.9. The van der Waals surface area contributed by atoms with Gasteiger partial charge in [0, 0.05) is 50.5 Å². The van der Waals surface area contributed by atoms with Crippen LogP contribution in [0.5, 0.6) is 0 Å². The minimum Gasteiger partial charge on any atom is -0.365 e. The second-order valence-corrected chi connectivity index (χ2v) is 9.34. The third-order valence-corrected chi connectivity index (χ3v) is 6.60. The van der Waals surface area contributed by atoms with Crippen molar-refractivity contribution in [3.05, 3.63) is 69.8 Å². The van der Waals surface area contributed by atoms with Gasteiger partial charge >= 0.3 is 0 Å². The molecule has 0 spiro atoms. The van der Waals surface area contributed by atoms with Crippen molar-refractivity contribution in [1.82, 2.24) is 10.2 Å². The number of anilines is 1. The predicted molar refractivity (Wildman–Crippen MR) is 126 cm³/mol. The number of rotatable bonds is 7. The molecular weight excluding hydrogens is 404 g/mol. The number of nitro groups is 1. The Morgan fingerprint density at radius 1 is 1.19 bits per heavy atom. The molecule has 2 heterocycles. The summed E-state index contributed by atoms with van der Waals surface area (Å²) in [5.41, 5.74) is 3.29. The summed E-state index contributed by atoms with van der Waals surface area (Å²) in [4.78, 5) is 28.9. The molecule has 0 unspecified atom stereocenters. The second-order valence-electron chi connectivity index (χ2n) is 9.34. The lowest BCUT2D eigenvalue weighted by molar-refractivity contribution is -0.384. The molecular formula is C25H32N4O3. The van der Waals surface area contributed by atoms with E-state index in [1.54, 1.807) is 12.1 Å². The monoisotopic (exact) mass is 436 g/mol. The Labute approximate surface area is 189 Å². The van der Waals surface area contributed by atoms with Crippen LogP contribution in [-0.4, -0.2) is 48.0 Å². The number of benzene rings is 2. The molecule has 0 aromatic heterocycles. The molecule has 0 radical (unpaired) electrons. The highest BCUT2D eigenvalue weighted by Gasteiger charge is 2.41. The van der Waals surface area contributed by atoms with Gasteiger partial charge in [0.05, 0.1) is 16.9 Å². The number of amides is 1. The van der Waals surface area contributed by atoms with Crippen LogP contribution in [0.25, 0.3) is 0 Å². The average Bonchev–Trinajstić information content (AvgIpc) is 2.78. The van der Waals surface area contributed by atoms with Gasteiger partial charge in [0.1, 0.15) is 0 Å². The Kier molecular flexibility index (Phi) is 6.74. The van der Waals surface area contributed by atoms with E-state index in [0.717, 1.165) is 43.9 Å². The number of hydrogen-bond donors (Lipinski definition) is 1. The van der Waals surface area contributed by atoms with Gasteiger partial charge in [-0.1, -0.05) is 44.2 Å². The number of nitrogens with zero attached hydrogens (tertiary/aromatic N) is 3. The third-order valence-electron chi connectivity index (χ3n) is 6.60. The fourth-order valence-electron chi connectivity index (χ4n) is 4.88. The topological polar surface area (TPSA) is 78.7 Å². The number of piperazine rings is 1. The summed E-state index contributed by atoms with van der Waals surface area (Å²) in [7, 11) is 0. The number of nitro benzene ring substituents is 1. The van der Waals surface area contributed by atoms with E-state index in [1.165, 1.54) is 5.56 Å². The zero-order chi connectivity index (χ0) is 22.7. The lowest BCUT2D eigenvalue weighted by Crippen LogP contribution is -2.60. The van der Waals surface area contributed by atoms with E-state index in [1.807, 2.05) is 12.1 Å². The summed E-state index contributed by atoms with van der Waals surface area (Å²) in [6.07, 6.45) is 1.47. The van der Waals surface area contributed by atoms with Gasteiger partial charge in [0.15, 0.2) is 0 Å². The van der Waals surface area contributed by atoms with E-state index < -0.39 is 0 Å². The van der Waals surface area contributed by atoms with Crippen LogP contribution in [0.4, 0.5) is 11.4 Å². The van der Waals surface area contributed by atoms with Crippen LogP contribution in [0.2, 0.25) is 0 Å². The van der Waals surface area contributed by atoms with Crippen LogP contribution in [0, 0.1) is 22.0 Å². The van der Waals surface area contributed by atoms with Gasteiger partial charge in [-0.3, -0.25) is 19.8 Å². The molecule has 1 fully saturated rings. The van der Waals surface area contributed by atoms with Gasteiger partial charge in [-0.25, -0.2) is 0 Å². The van der Waals surface area contributed by atoms with Crippen LogP contribution >= 0.6 is 0 Å². The molecule has 2 aromatic carbocycles. The van der Waals surface area contributed by atoms with Crippen LogP contribution in [0.1, 0.15) is 31.4 Å². The molecule has 0 bridgehead atoms. The zero-order valence-electron chi connectivity index (χ0n) is 18.9. The van der Waals surface area contributed by atoms with Crippen molar-refractivity contribution in [1.29, 1.82) is 0 Å². The molecule has 0 aliphatic carbocycles. The van der Waals surface area contributed by atoms with E-state index in [9.17, 15) is 14.9 Å². The first-order chi connectivity index (χ1) is 15.4. The first-order valence-corrected chi connectivity index (χ1v) is 11.5. The van der Waals surface area contributed by atoms with Crippen molar-refractivity contribution in [2.45, 2.75) is 39.3 Å². The predicted octanol–water partition coefficient (Wildman–Crippen LogP) is 3.62. The maximum atomic E-state index is 13.2. The smallest absolute Gasteiger partial charge is 0.269 e. The third kappa shape index (κ3) is 4.93. The highest BCUT2D eigenvalue weighted by molar-refractivity contribution is 5.82. The lowest BCUT2D eigenvalue weighted by Gasteiger charge is -2.49. The first kappa shape index (κ1) is 22.3. The molecule has 4 rings (SSSR count). The molecule has 2 atom stereocenters. The van der Waals surface area contributed by atoms with Crippen LogP contribution in [-0.2, 0) is 17.8 Å². The number of carbonyl (C=O) groups is 1. The summed E-state index contributed by atoms with van der Waals surface area (Å²) >= 11 is 0. The Morgan fingerprint density at radius 2 is 1.97 bits per heavy atom. The molecule has 170 valence electrons. The molecule has 7 heteroatoms. The van der Waals surface area contributed by atoms with Crippen LogP contribution < -0.4 is 10.2 Å². The van der Waals surface area contributed by atoms with Gasteiger partial charge in [0.25, 0.3) is 5.69 Å². The molecule has 1 N–H and O–H groups in total. The van der Waals surface area contributed by atoms with Gasteiger partial charge in [-0.15, -0.1) is 0 Å². The number of nitrogens with one attached hydrogen (secondary N) is 1. The molecule has 7 nitrogen and oxygen atoms in total. The largest absolute Gasteiger partial charge is 0.365 e. The van der Waals surface area contributed by atoms with Crippen molar-refractivity contribution in [3.63, 3.8) is 0 Å². The number of carbonyl (C=O) groups excluding carboxylic acids is 1. The summed E-state index contributed by atoms with van der Waals surface area (Å²) < 4.78 is 0. The number of hydrogen-bond acceptors (Lipinski definition) is 5. The minimum atomic E-state index is -0.359. The summed E-state index contributed by atoms with van der Waals surface area (Å²) in [5.74, 6) is 0.354. The quantitative estimate of drug-likeness (QED) is 0.530. The summed E-state index contributed by atoms with van der Waals surface area (Å²) in [6.45, 7) is 8.31. The van der Waals surface area contributed by atoms with Crippen molar-refractivity contribution in [3.8, 4) is 0 Å². The van der Waals surface area contributed by atoms with Crippen molar-refractivity contribution < 1.29 is 9.72 Å². The van der Waals surface area contributed by atoms with E-state index in [2.05, 4.69) is 53.2 Å². The molecule has 2 aliphatic heterocycles. The van der Waals surface area contributed by atoms with Crippen molar-refractivity contribution >= 4 is 17.3 Å². The fourth-order valence-corrected chi connectivity index (χ4v) is 4.88. The van der Waals surface area contributed by atoms with Crippen LogP contribution in [0.15, 0.2) is 48.5 Å². The summed E-state index contributed by atoms with van der Waals surface area (Å²) in [5, 5.41) is 14.4. The standard InChI is InChI=1S/C25H32N4O3/c1-18(2)10-11-26-25(30)22-15-20-14-21(29(31)32)8-9-23(20)28-13-12-27(17-24(22)28)16-19-6-4-3-5-7-19/h3-9,14,18,22,24H,10-13,15-17H2,1-2H3,(H,26,30)/t22-,24+/m0/s1. The molecule has 2 aromatic rings. The second kappa shape index (κ2) is 9.69. The van der Waals surface area contributed by atoms with Gasteiger partial charge in [-0.2, -0.15) is 0 Å². The molecule has 32 heavy (non-hydrogen) atoms. The molecule has 1 amide bonds. The SMILES string of the molecule is CC(C)CCNC(=O)[C@H]1Cc2cc([N+](=O)[O-])ccc2N2CCN(Cc3ccccc3)C[C@H]12. The Balaban J connectivity index is 1.57. The normalized spacial score (nSPS) is 20.5. The van der Waals surface area contributed by atoms with Gasteiger partial charge in [0.2, 0.25) is 5.91 Å². The first-order valence-electron chi connectivity index (χ1n) is 11.5. The fraction of sp³-hybridized carbons (Fsp3) is 0.480. The average molecular weight is 437 g/mol. The highest BCUT2D eigenvalue weighted by atomic mass is 16.6. The molecule has 0 saturated carbocycles. The number of fused-ring (bicyclic) bond motifs is 3. The molecule has 2 aliphatic rings. The lowest BCUT2D eigenvalue weighted by atomic mass is 9.83. The molecule has 1 saturated heterocycles. The Morgan fingerprint density at radius 3 is 2.69 bits per heavy atom. The van der Waals surface area contributed by atoms with E-state index >= 15 is 0 Å². The van der Waals surface area contributed by atoms with Crippen LogP contribution in [0.3, 0.4) is 0 Å².